The molecule has 10 heteroatoms. The van der Waals surface area contributed by atoms with E-state index in [0.717, 1.165) is 24.5 Å². The van der Waals surface area contributed by atoms with E-state index in [-0.39, 0.29) is 28.8 Å². The van der Waals surface area contributed by atoms with E-state index >= 15 is 0 Å². The fourth-order valence-corrected chi connectivity index (χ4v) is 4.44. The highest BCUT2D eigenvalue weighted by Crippen LogP contribution is 2.27. The molecular weight excluding hydrogens is 380 g/mol. The lowest BCUT2D eigenvalue weighted by Crippen LogP contribution is -2.39. The molecule has 1 aliphatic carbocycles. The van der Waals surface area contributed by atoms with Crippen LogP contribution in [0.2, 0.25) is 0 Å². The number of halogens is 2. The molecule has 0 saturated heterocycles. The van der Waals surface area contributed by atoms with Gasteiger partial charge in [0.2, 0.25) is 10.0 Å². The van der Waals surface area contributed by atoms with E-state index in [1.807, 2.05) is 0 Å². The molecule has 0 aliphatic heterocycles. The first kappa shape index (κ1) is 19.4. The Morgan fingerprint density at radius 3 is 2.37 bits per heavy atom. The van der Waals surface area contributed by atoms with Gasteiger partial charge < -0.3 is 9.47 Å². The molecule has 0 bridgehead atoms. The SMILES string of the molecule is COc1ccc(F)cc1S(=O)(=O)NC1CCC(Oc2ncc(F)cn2)CC1. The molecule has 1 aromatic carbocycles. The minimum Gasteiger partial charge on any atom is -0.495 e. The Balaban J connectivity index is 1.60. The first-order valence-electron chi connectivity index (χ1n) is 8.37. The van der Waals surface area contributed by atoms with Crippen LogP contribution in [0.3, 0.4) is 0 Å². The molecular formula is C17H19F2N3O4S. The van der Waals surface area contributed by atoms with Crippen molar-refractivity contribution >= 4 is 10.0 Å². The number of aromatic nitrogens is 2. The summed E-state index contributed by atoms with van der Waals surface area (Å²) in [6, 6.07) is 3.12. The first-order chi connectivity index (χ1) is 12.9. The maximum Gasteiger partial charge on any atom is 0.316 e. The summed E-state index contributed by atoms with van der Waals surface area (Å²) in [5.41, 5.74) is 0. The van der Waals surface area contributed by atoms with E-state index < -0.39 is 21.7 Å². The molecule has 0 amide bonds. The van der Waals surface area contributed by atoms with Gasteiger partial charge in [-0.15, -0.1) is 0 Å². The van der Waals surface area contributed by atoms with Crippen LogP contribution in [-0.4, -0.2) is 37.6 Å². The second-order valence-corrected chi connectivity index (χ2v) is 7.87. The lowest BCUT2D eigenvalue weighted by molar-refractivity contribution is 0.131. The van der Waals surface area contributed by atoms with Crippen LogP contribution < -0.4 is 14.2 Å². The normalized spacial score (nSPS) is 20.3. The van der Waals surface area contributed by atoms with Gasteiger partial charge in [0.1, 0.15) is 22.6 Å². The topological polar surface area (TPSA) is 90.4 Å². The Kier molecular flexibility index (Phi) is 5.85. The molecule has 0 atom stereocenters. The largest absolute Gasteiger partial charge is 0.495 e. The third kappa shape index (κ3) is 4.89. The predicted octanol–water partition coefficient (Wildman–Crippen LogP) is 2.43. The van der Waals surface area contributed by atoms with Crippen molar-refractivity contribution in [2.75, 3.05) is 7.11 Å². The lowest BCUT2D eigenvalue weighted by atomic mass is 9.94. The van der Waals surface area contributed by atoms with Crippen LogP contribution in [0.4, 0.5) is 8.78 Å². The third-order valence-corrected chi connectivity index (χ3v) is 5.82. The molecule has 1 saturated carbocycles. The van der Waals surface area contributed by atoms with Gasteiger partial charge in [-0.3, -0.25) is 0 Å². The molecule has 0 unspecified atom stereocenters. The standard InChI is InChI=1S/C17H19F2N3O4S/c1-25-15-7-2-11(18)8-16(15)27(23,24)22-13-3-5-14(6-4-13)26-17-20-9-12(19)10-21-17/h2,7-10,13-14,22H,3-6H2,1H3. The van der Waals surface area contributed by atoms with Crippen LogP contribution >= 0.6 is 0 Å². The van der Waals surface area contributed by atoms with Gasteiger partial charge in [-0.25, -0.2) is 31.9 Å². The average molecular weight is 399 g/mol. The molecule has 3 rings (SSSR count). The predicted molar refractivity (Wildman–Crippen MR) is 91.9 cm³/mol. The number of nitrogens with one attached hydrogen (secondary N) is 1. The Morgan fingerprint density at radius 1 is 1.07 bits per heavy atom. The van der Waals surface area contributed by atoms with Gasteiger partial charge in [-0.2, -0.15) is 0 Å². The van der Waals surface area contributed by atoms with Crippen LogP contribution in [0.1, 0.15) is 25.7 Å². The van der Waals surface area contributed by atoms with Gasteiger partial charge >= 0.3 is 6.01 Å². The fraction of sp³-hybridized carbons (Fsp3) is 0.412. The third-order valence-electron chi connectivity index (χ3n) is 4.28. The summed E-state index contributed by atoms with van der Waals surface area (Å²) < 4.78 is 64.7. The van der Waals surface area contributed by atoms with Crippen molar-refractivity contribution in [3.63, 3.8) is 0 Å². The van der Waals surface area contributed by atoms with Crippen molar-refractivity contribution in [3.05, 3.63) is 42.2 Å². The molecule has 0 spiro atoms. The summed E-state index contributed by atoms with van der Waals surface area (Å²) in [6.45, 7) is 0. The number of nitrogens with zero attached hydrogens (tertiary/aromatic N) is 2. The van der Waals surface area contributed by atoms with Crippen molar-refractivity contribution < 1.29 is 26.7 Å². The van der Waals surface area contributed by atoms with Gasteiger partial charge in [-0.1, -0.05) is 0 Å². The number of benzene rings is 1. The van der Waals surface area contributed by atoms with Crippen LogP contribution in [0.15, 0.2) is 35.5 Å². The van der Waals surface area contributed by atoms with E-state index in [1.165, 1.54) is 13.2 Å². The van der Waals surface area contributed by atoms with Crippen LogP contribution in [0, 0.1) is 11.6 Å². The van der Waals surface area contributed by atoms with Crippen LogP contribution in [0.25, 0.3) is 0 Å². The van der Waals surface area contributed by atoms with Gasteiger partial charge in [0.05, 0.1) is 19.5 Å². The number of sulfonamides is 1. The summed E-state index contributed by atoms with van der Waals surface area (Å²) in [7, 11) is -2.60. The number of methoxy groups -OCH3 is 1. The summed E-state index contributed by atoms with van der Waals surface area (Å²) in [5.74, 6) is -1.13. The lowest BCUT2D eigenvalue weighted by Gasteiger charge is -2.28. The van der Waals surface area contributed by atoms with Gasteiger partial charge in [-0.05, 0) is 43.9 Å². The molecule has 1 aliphatic rings. The Hall–Kier alpha value is -2.33. The summed E-state index contributed by atoms with van der Waals surface area (Å²) >= 11 is 0. The molecule has 2 aromatic rings. The number of hydrogen-bond donors (Lipinski definition) is 1. The highest BCUT2D eigenvalue weighted by atomic mass is 32.2. The van der Waals surface area contributed by atoms with Gasteiger partial charge in [0.15, 0.2) is 5.82 Å². The van der Waals surface area contributed by atoms with Crippen LogP contribution in [-0.2, 0) is 10.0 Å². The summed E-state index contributed by atoms with van der Waals surface area (Å²) in [5, 5.41) is 0. The minimum atomic E-state index is -3.93. The highest BCUT2D eigenvalue weighted by molar-refractivity contribution is 7.89. The van der Waals surface area contributed by atoms with E-state index in [9.17, 15) is 17.2 Å². The van der Waals surface area contributed by atoms with Crippen molar-refractivity contribution in [3.8, 4) is 11.8 Å². The molecule has 1 heterocycles. The number of rotatable bonds is 6. The number of hydrogen-bond acceptors (Lipinski definition) is 6. The Bertz CT molecular complexity index is 886. The quantitative estimate of drug-likeness (QED) is 0.802. The van der Waals surface area contributed by atoms with Crippen molar-refractivity contribution in [1.82, 2.24) is 14.7 Å². The van der Waals surface area contributed by atoms with Crippen molar-refractivity contribution in [2.45, 2.75) is 42.7 Å². The maximum atomic E-state index is 13.5. The summed E-state index contributed by atoms with van der Waals surface area (Å²) in [6.07, 6.45) is 4.08. The van der Waals surface area contributed by atoms with Crippen molar-refractivity contribution in [2.24, 2.45) is 0 Å². The van der Waals surface area contributed by atoms with Crippen molar-refractivity contribution in [1.29, 1.82) is 0 Å². The minimum absolute atomic E-state index is 0.0781. The average Bonchev–Trinajstić information content (AvgIpc) is 2.65. The second-order valence-electron chi connectivity index (χ2n) is 6.19. The molecule has 27 heavy (non-hydrogen) atoms. The zero-order valence-corrected chi connectivity index (χ0v) is 15.4. The number of ether oxygens (including phenoxy) is 2. The highest BCUT2D eigenvalue weighted by Gasteiger charge is 2.29. The molecule has 0 radical (unpaired) electrons. The monoisotopic (exact) mass is 399 g/mol. The molecule has 1 aromatic heterocycles. The molecule has 7 nitrogen and oxygen atoms in total. The summed E-state index contributed by atoms with van der Waals surface area (Å²) in [4.78, 5) is 7.26. The Morgan fingerprint density at radius 2 is 1.74 bits per heavy atom. The van der Waals surface area contributed by atoms with Crippen LogP contribution in [0.5, 0.6) is 11.8 Å². The van der Waals surface area contributed by atoms with E-state index in [2.05, 4.69) is 14.7 Å². The zero-order chi connectivity index (χ0) is 19.4. The smallest absolute Gasteiger partial charge is 0.316 e. The first-order valence-corrected chi connectivity index (χ1v) is 9.86. The zero-order valence-electron chi connectivity index (χ0n) is 14.6. The second kappa shape index (κ2) is 8.13. The van der Waals surface area contributed by atoms with E-state index in [4.69, 9.17) is 9.47 Å². The van der Waals surface area contributed by atoms with Gasteiger partial charge in [0, 0.05) is 6.04 Å². The van der Waals surface area contributed by atoms with Gasteiger partial charge in [0.25, 0.3) is 0 Å². The fourth-order valence-electron chi connectivity index (χ4n) is 2.95. The molecule has 1 N–H and O–H groups in total. The van der Waals surface area contributed by atoms with E-state index in [1.54, 1.807) is 0 Å². The molecule has 146 valence electrons. The van der Waals surface area contributed by atoms with E-state index in [0.29, 0.717) is 25.7 Å². The Labute approximate surface area is 155 Å². The maximum absolute atomic E-state index is 13.5. The molecule has 1 fully saturated rings.